The molecule has 1 aliphatic heterocycles. The summed E-state index contributed by atoms with van der Waals surface area (Å²) in [6, 6.07) is 5.97. The molecule has 0 radical (unpaired) electrons. The van der Waals surface area contributed by atoms with Crippen LogP contribution in [0.5, 0.6) is 0 Å². The fourth-order valence-electron chi connectivity index (χ4n) is 1.47. The maximum Gasteiger partial charge on any atom is 0.335 e. The Morgan fingerprint density at radius 3 is 2.47 bits per heavy atom. The van der Waals surface area contributed by atoms with Crippen LogP contribution >= 0.6 is 11.6 Å². The molecule has 6 nitrogen and oxygen atoms in total. The van der Waals surface area contributed by atoms with Crippen molar-refractivity contribution in [3.8, 4) is 0 Å². The average molecular weight is 257 g/mol. The summed E-state index contributed by atoms with van der Waals surface area (Å²) < 4.78 is -0.222. The Hall–Kier alpha value is -1.76. The van der Waals surface area contributed by atoms with E-state index in [2.05, 4.69) is 10.4 Å². The summed E-state index contributed by atoms with van der Waals surface area (Å²) in [4.78, 5) is 15.3. The molecule has 0 saturated carbocycles. The highest BCUT2D eigenvalue weighted by Gasteiger charge is 2.35. The maximum absolute atomic E-state index is 11.2. The van der Waals surface area contributed by atoms with Gasteiger partial charge in [-0.3, -0.25) is 0 Å². The molecule has 0 amide bonds. The Labute approximate surface area is 102 Å². The number of carboxylic acids is 1. The van der Waals surface area contributed by atoms with Gasteiger partial charge in [0.05, 0.1) is 12.6 Å². The predicted octanol–water partition coefficient (Wildman–Crippen LogP) is 0.497. The first kappa shape index (κ1) is 11.7. The van der Waals surface area contributed by atoms with E-state index in [1.165, 1.54) is 12.1 Å². The topological polar surface area (TPSA) is 81.6 Å². The average Bonchev–Trinajstić information content (AvgIpc) is 2.59. The van der Waals surface area contributed by atoms with Gasteiger partial charge in [-0.05, 0) is 23.7 Å². The van der Waals surface area contributed by atoms with Gasteiger partial charge in [-0.1, -0.05) is 5.59 Å². The molecule has 0 fully saturated rings. The van der Waals surface area contributed by atoms with Crippen LogP contribution in [0.15, 0.2) is 35.4 Å². The molecule has 0 aromatic heterocycles. The molecule has 1 aromatic rings. The van der Waals surface area contributed by atoms with E-state index in [4.69, 9.17) is 16.7 Å². The molecule has 1 atom stereocenters. The number of carbonyl (C=O) groups is 1. The van der Waals surface area contributed by atoms with E-state index in [1.807, 2.05) is 0 Å². The third-order valence-electron chi connectivity index (χ3n) is 2.51. The molecule has 2 rings (SSSR count). The quantitative estimate of drug-likeness (QED) is 0.595. The molecule has 0 bridgehead atoms. The minimum Gasteiger partial charge on any atom is -0.539 e. The molecule has 1 aliphatic rings. The molecule has 2 N–H and O–H groups in total. The van der Waals surface area contributed by atoms with Crippen molar-refractivity contribution in [2.75, 3.05) is 7.05 Å². The molecule has 0 saturated heterocycles. The summed E-state index contributed by atoms with van der Waals surface area (Å²) in [6.45, 7) is 0. The first-order chi connectivity index (χ1) is 7.95. The lowest BCUT2D eigenvalue weighted by molar-refractivity contribution is -0.362. The Balaban J connectivity index is 2.39. The second-order valence-corrected chi connectivity index (χ2v) is 3.99. The lowest BCUT2D eigenvalue weighted by Crippen LogP contribution is -2.49. The number of nitrogens with zero attached hydrogens (tertiary/aromatic N) is 1. The molecule has 1 heterocycles. The van der Waals surface area contributed by atoms with Gasteiger partial charge in [0.15, 0.2) is 11.6 Å². The van der Waals surface area contributed by atoms with Gasteiger partial charge in [-0.2, -0.15) is 4.59 Å². The number of quaternary nitrogens is 1. The van der Waals surface area contributed by atoms with Crippen LogP contribution in [-0.4, -0.2) is 18.1 Å². The van der Waals surface area contributed by atoms with Crippen LogP contribution in [-0.2, 0) is 4.84 Å². The van der Waals surface area contributed by atoms with Gasteiger partial charge < -0.3 is 15.1 Å². The van der Waals surface area contributed by atoms with Gasteiger partial charge in [0.25, 0.3) is 5.16 Å². The van der Waals surface area contributed by atoms with Gasteiger partial charge in [-0.15, -0.1) is 0 Å². The van der Waals surface area contributed by atoms with Crippen LogP contribution < -0.4 is 15.3 Å². The van der Waals surface area contributed by atoms with Crippen LogP contribution in [0.3, 0.4) is 0 Å². The zero-order chi connectivity index (χ0) is 12.6. The molecule has 17 heavy (non-hydrogen) atoms. The van der Waals surface area contributed by atoms with Crippen molar-refractivity contribution in [2.45, 2.75) is 0 Å². The molecule has 7 heteroatoms. The fraction of sp³-hybridized carbons (Fsp3) is 0.100. The van der Waals surface area contributed by atoms with Crippen LogP contribution in [0, 0.1) is 0 Å². The summed E-state index contributed by atoms with van der Waals surface area (Å²) in [5.74, 6) is -1.67. The van der Waals surface area contributed by atoms with E-state index in [1.54, 1.807) is 19.2 Å². The number of benzene rings is 1. The van der Waals surface area contributed by atoms with Crippen molar-refractivity contribution in [3.63, 3.8) is 0 Å². The van der Waals surface area contributed by atoms with Crippen molar-refractivity contribution in [1.82, 2.24) is 10.2 Å². The zero-order valence-electron chi connectivity index (χ0n) is 8.81. The van der Waals surface area contributed by atoms with Crippen molar-refractivity contribution in [1.29, 1.82) is 0 Å². The maximum atomic E-state index is 11.2. The molecular formula is C10H9ClN2O4. The van der Waals surface area contributed by atoms with Crippen LogP contribution in [0.4, 0.5) is 5.69 Å². The SMILES string of the molecule is C[N+]1(c2ccc(C(=O)O)cc2)NOC([O-])=C1Cl. The Bertz CT molecular complexity index is 500. The van der Waals surface area contributed by atoms with Crippen LogP contribution in [0.2, 0.25) is 0 Å². The van der Waals surface area contributed by atoms with E-state index in [0.717, 1.165) is 0 Å². The van der Waals surface area contributed by atoms with Gasteiger partial charge in [0.1, 0.15) is 0 Å². The number of hydrogen-bond acceptors (Lipinski definition) is 4. The smallest absolute Gasteiger partial charge is 0.335 e. The lowest BCUT2D eigenvalue weighted by Gasteiger charge is -2.27. The van der Waals surface area contributed by atoms with E-state index in [9.17, 15) is 9.90 Å². The standard InChI is InChI=1S/C10H9ClN2O4/c1-13(8(11)10(16)17-12-13)7-4-2-6(3-5-7)9(14)15/h2-5,12H,1H3,(H-,14,15,16). The normalized spacial score (nSPS) is 23.6. The summed E-state index contributed by atoms with van der Waals surface area (Å²) in [6.07, 6.45) is 0. The molecule has 90 valence electrons. The highest BCUT2D eigenvalue weighted by Crippen LogP contribution is 2.31. The van der Waals surface area contributed by atoms with Crippen molar-refractivity contribution in [3.05, 3.63) is 40.9 Å². The summed E-state index contributed by atoms with van der Waals surface area (Å²) in [7, 11) is 1.61. The second kappa shape index (κ2) is 3.92. The number of aromatic carboxylic acids is 1. The zero-order valence-corrected chi connectivity index (χ0v) is 9.56. The number of nitrogens with one attached hydrogen (secondary N) is 1. The van der Waals surface area contributed by atoms with Gasteiger partial charge in [-0.25, -0.2) is 4.79 Å². The van der Waals surface area contributed by atoms with Crippen molar-refractivity contribution >= 4 is 23.3 Å². The van der Waals surface area contributed by atoms with Gasteiger partial charge in [0, 0.05) is 12.1 Å². The first-order valence-corrected chi connectivity index (χ1v) is 5.05. The Kier molecular flexibility index (Phi) is 2.70. The molecule has 0 spiro atoms. The van der Waals surface area contributed by atoms with Crippen molar-refractivity contribution in [2.24, 2.45) is 0 Å². The van der Waals surface area contributed by atoms with E-state index in [0.29, 0.717) is 5.69 Å². The lowest BCUT2D eigenvalue weighted by atomic mass is 10.2. The largest absolute Gasteiger partial charge is 0.539 e. The molecular weight excluding hydrogens is 248 g/mol. The van der Waals surface area contributed by atoms with Crippen LogP contribution in [0.25, 0.3) is 0 Å². The van der Waals surface area contributed by atoms with Gasteiger partial charge in [0.2, 0.25) is 0 Å². The van der Waals surface area contributed by atoms with Crippen molar-refractivity contribution < 1.29 is 19.8 Å². The van der Waals surface area contributed by atoms with Crippen LogP contribution in [0.1, 0.15) is 10.4 Å². The summed E-state index contributed by atoms with van der Waals surface area (Å²) in [5, 5.41) is 19.9. The first-order valence-electron chi connectivity index (χ1n) is 4.67. The third-order valence-corrected chi connectivity index (χ3v) is 3.01. The number of hydrogen-bond donors (Lipinski definition) is 2. The summed E-state index contributed by atoms with van der Waals surface area (Å²) in [5.41, 5.74) is 3.21. The highest BCUT2D eigenvalue weighted by molar-refractivity contribution is 6.30. The number of halogens is 1. The third kappa shape index (κ3) is 1.82. The highest BCUT2D eigenvalue weighted by atomic mass is 35.5. The minimum absolute atomic E-state index is 0.0481. The molecule has 1 aromatic carbocycles. The van der Waals surface area contributed by atoms with E-state index >= 15 is 0 Å². The Morgan fingerprint density at radius 1 is 1.47 bits per heavy atom. The fourth-order valence-corrected chi connectivity index (χ4v) is 1.64. The molecule has 1 unspecified atom stereocenters. The number of rotatable bonds is 2. The van der Waals surface area contributed by atoms with Gasteiger partial charge >= 0.3 is 5.97 Å². The predicted molar refractivity (Wildman–Crippen MR) is 58.2 cm³/mol. The monoisotopic (exact) mass is 256 g/mol. The summed E-state index contributed by atoms with van der Waals surface area (Å²) >= 11 is 5.84. The van der Waals surface area contributed by atoms with E-state index in [-0.39, 0.29) is 15.3 Å². The number of carboxylic acid groups (broad SMARTS) is 1. The van der Waals surface area contributed by atoms with E-state index < -0.39 is 11.9 Å². The molecule has 0 aliphatic carbocycles. The minimum atomic E-state index is -1.02. The Morgan fingerprint density at radius 2 is 2.06 bits per heavy atom. The second-order valence-electron chi connectivity index (χ2n) is 3.63.